The van der Waals surface area contributed by atoms with Crippen LogP contribution in [0.5, 0.6) is 0 Å². The van der Waals surface area contributed by atoms with E-state index in [0.717, 1.165) is 12.8 Å². The minimum Gasteiger partial charge on any atom is -0.376 e. The van der Waals surface area contributed by atoms with Crippen molar-refractivity contribution in [1.82, 2.24) is 9.78 Å². The molecule has 0 spiro atoms. The maximum atomic E-state index is 12.4. The molecule has 1 saturated carbocycles. The summed E-state index contributed by atoms with van der Waals surface area (Å²) < 4.78 is 1.56. The lowest BCUT2D eigenvalue weighted by Gasteiger charge is -2.25. The summed E-state index contributed by atoms with van der Waals surface area (Å²) in [6.07, 6.45) is 11.4. The first-order valence-electron chi connectivity index (χ1n) is 6.91. The molecule has 102 valence electrons. The van der Waals surface area contributed by atoms with Gasteiger partial charge < -0.3 is 5.32 Å². The van der Waals surface area contributed by atoms with Gasteiger partial charge in [-0.15, -0.1) is 0 Å². The summed E-state index contributed by atoms with van der Waals surface area (Å²) in [4.78, 5) is 12.4. The third-order valence-electron chi connectivity index (χ3n) is 4.01. The number of nitrogens with zero attached hydrogens (tertiary/aromatic N) is 2. The Balaban J connectivity index is 1.80. The van der Waals surface area contributed by atoms with Crippen LogP contribution in [0.3, 0.4) is 0 Å². The first kappa shape index (κ1) is 12.7. The van der Waals surface area contributed by atoms with E-state index >= 15 is 0 Å². The van der Waals surface area contributed by atoms with Gasteiger partial charge in [0, 0.05) is 12.6 Å². The van der Waals surface area contributed by atoms with Gasteiger partial charge in [0.2, 0.25) is 0 Å². The molecule has 0 amide bonds. The van der Waals surface area contributed by atoms with Crippen LogP contribution >= 0.6 is 11.6 Å². The Morgan fingerprint density at radius 3 is 2.74 bits per heavy atom. The molecule has 4 nitrogen and oxygen atoms in total. The molecule has 1 aromatic rings. The lowest BCUT2D eigenvalue weighted by Crippen LogP contribution is -2.32. The molecule has 0 aromatic carbocycles. The molecular formula is C14H18ClN3O. The number of halogens is 1. The van der Waals surface area contributed by atoms with E-state index in [2.05, 4.69) is 22.6 Å². The molecule has 0 bridgehead atoms. The smallest absolute Gasteiger partial charge is 0.291 e. The number of hydrogen-bond acceptors (Lipinski definition) is 3. The second kappa shape index (κ2) is 5.37. The summed E-state index contributed by atoms with van der Waals surface area (Å²) in [5.74, 6) is 0.604. The van der Waals surface area contributed by atoms with Gasteiger partial charge >= 0.3 is 0 Å². The largest absolute Gasteiger partial charge is 0.376 e. The fourth-order valence-electron chi connectivity index (χ4n) is 2.59. The highest BCUT2D eigenvalue weighted by atomic mass is 35.5. The van der Waals surface area contributed by atoms with Crippen LogP contribution in [-0.4, -0.2) is 15.8 Å². The Kier molecular flexibility index (Phi) is 3.60. The van der Waals surface area contributed by atoms with Crippen LogP contribution in [0.15, 0.2) is 23.1 Å². The van der Waals surface area contributed by atoms with E-state index < -0.39 is 0 Å². The van der Waals surface area contributed by atoms with Crippen molar-refractivity contribution in [3.63, 3.8) is 0 Å². The minimum absolute atomic E-state index is 0.0914. The SMILES string of the molecule is O=c1c(NC2CC=CC2)c(Cl)cnn1CC1CCC1. The predicted molar refractivity (Wildman–Crippen MR) is 76.6 cm³/mol. The van der Waals surface area contributed by atoms with Crippen LogP contribution in [0.4, 0.5) is 5.69 Å². The maximum absolute atomic E-state index is 12.4. The van der Waals surface area contributed by atoms with E-state index in [1.54, 1.807) is 10.9 Å². The van der Waals surface area contributed by atoms with Gasteiger partial charge in [-0.05, 0) is 31.6 Å². The highest BCUT2D eigenvalue weighted by Gasteiger charge is 2.21. The Hall–Kier alpha value is -1.29. The van der Waals surface area contributed by atoms with Gasteiger partial charge in [-0.25, -0.2) is 4.68 Å². The Morgan fingerprint density at radius 2 is 2.11 bits per heavy atom. The summed E-state index contributed by atoms with van der Waals surface area (Å²) in [6.45, 7) is 0.716. The third-order valence-corrected chi connectivity index (χ3v) is 4.30. The molecule has 0 unspecified atom stereocenters. The molecule has 1 N–H and O–H groups in total. The molecule has 19 heavy (non-hydrogen) atoms. The number of anilines is 1. The zero-order chi connectivity index (χ0) is 13.2. The third kappa shape index (κ3) is 2.68. The van der Waals surface area contributed by atoms with Crippen LogP contribution in [0.25, 0.3) is 0 Å². The van der Waals surface area contributed by atoms with Crippen LogP contribution in [0.2, 0.25) is 5.02 Å². The normalized spacial score (nSPS) is 19.6. The van der Waals surface area contributed by atoms with Crippen molar-refractivity contribution in [3.8, 4) is 0 Å². The number of aromatic nitrogens is 2. The molecule has 5 heteroatoms. The molecule has 0 saturated heterocycles. The average Bonchev–Trinajstić information content (AvgIpc) is 2.84. The van der Waals surface area contributed by atoms with Crippen LogP contribution < -0.4 is 10.9 Å². The zero-order valence-corrected chi connectivity index (χ0v) is 11.6. The monoisotopic (exact) mass is 279 g/mol. The van der Waals surface area contributed by atoms with Crippen molar-refractivity contribution in [2.75, 3.05) is 5.32 Å². The topological polar surface area (TPSA) is 46.9 Å². The first-order chi connectivity index (χ1) is 9.24. The Labute approximate surface area is 117 Å². The summed E-state index contributed by atoms with van der Waals surface area (Å²) in [6, 6.07) is 0.282. The standard InChI is InChI=1S/C14H18ClN3O/c15-12-8-16-18(9-10-4-3-5-10)14(19)13(12)17-11-6-1-2-7-11/h1-2,8,10-11,17H,3-7,9H2. The van der Waals surface area contributed by atoms with E-state index in [1.165, 1.54) is 19.3 Å². The molecule has 3 rings (SSSR count). The van der Waals surface area contributed by atoms with Crippen LogP contribution in [-0.2, 0) is 6.54 Å². The Bertz CT molecular complexity index is 540. The molecule has 1 heterocycles. The lowest BCUT2D eigenvalue weighted by atomic mass is 9.85. The van der Waals surface area contributed by atoms with Gasteiger partial charge in [0.25, 0.3) is 5.56 Å². The number of hydrogen-bond donors (Lipinski definition) is 1. The second-order valence-electron chi connectivity index (χ2n) is 5.44. The fraction of sp³-hybridized carbons (Fsp3) is 0.571. The molecular weight excluding hydrogens is 262 g/mol. The van der Waals surface area contributed by atoms with E-state index in [0.29, 0.717) is 23.2 Å². The minimum atomic E-state index is -0.0914. The van der Waals surface area contributed by atoms with Gasteiger partial charge in [0.05, 0.1) is 11.2 Å². The maximum Gasteiger partial charge on any atom is 0.291 e. The summed E-state index contributed by atoms with van der Waals surface area (Å²) >= 11 is 6.11. The number of nitrogens with one attached hydrogen (secondary N) is 1. The van der Waals surface area contributed by atoms with Crippen LogP contribution in [0.1, 0.15) is 32.1 Å². The van der Waals surface area contributed by atoms with Crippen molar-refractivity contribution >= 4 is 17.3 Å². The zero-order valence-electron chi connectivity index (χ0n) is 10.8. The van der Waals surface area contributed by atoms with Gasteiger partial charge in [0.1, 0.15) is 5.69 Å². The van der Waals surface area contributed by atoms with E-state index in [1.807, 2.05) is 0 Å². The molecule has 1 fully saturated rings. The number of rotatable bonds is 4. The second-order valence-corrected chi connectivity index (χ2v) is 5.84. The quantitative estimate of drug-likeness (QED) is 0.862. The molecule has 0 radical (unpaired) electrons. The fourth-order valence-corrected chi connectivity index (χ4v) is 2.77. The predicted octanol–water partition coefficient (Wildman–Crippen LogP) is 2.83. The van der Waals surface area contributed by atoms with Crippen molar-refractivity contribution in [1.29, 1.82) is 0 Å². The molecule has 2 aliphatic carbocycles. The van der Waals surface area contributed by atoms with Gasteiger partial charge in [-0.3, -0.25) is 4.79 Å². The summed E-state index contributed by atoms with van der Waals surface area (Å²) in [5.41, 5.74) is 0.413. The van der Waals surface area contributed by atoms with Gasteiger partial charge in [-0.1, -0.05) is 30.2 Å². The first-order valence-corrected chi connectivity index (χ1v) is 7.29. The summed E-state index contributed by atoms with van der Waals surface area (Å²) in [5, 5.41) is 7.83. The van der Waals surface area contributed by atoms with Gasteiger partial charge in [0.15, 0.2) is 0 Å². The van der Waals surface area contributed by atoms with Crippen molar-refractivity contribution < 1.29 is 0 Å². The molecule has 0 atom stereocenters. The molecule has 2 aliphatic rings. The average molecular weight is 280 g/mol. The molecule has 0 aliphatic heterocycles. The van der Waals surface area contributed by atoms with E-state index in [-0.39, 0.29) is 11.6 Å². The lowest BCUT2D eigenvalue weighted by molar-refractivity contribution is 0.262. The highest BCUT2D eigenvalue weighted by molar-refractivity contribution is 6.33. The Morgan fingerprint density at radius 1 is 1.37 bits per heavy atom. The van der Waals surface area contributed by atoms with Gasteiger partial charge in [-0.2, -0.15) is 5.10 Å². The van der Waals surface area contributed by atoms with Crippen molar-refractivity contribution in [2.24, 2.45) is 5.92 Å². The van der Waals surface area contributed by atoms with Crippen LogP contribution in [0, 0.1) is 5.92 Å². The van der Waals surface area contributed by atoms with E-state index in [4.69, 9.17) is 11.6 Å². The summed E-state index contributed by atoms with van der Waals surface area (Å²) in [7, 11) is 0. The molecule has 1 aromatic heterocycles. The van der Waals surface area contributed by atoms with Crippen molar-refractivity contribution in [2.45, 2.75) is 44.7 Å². The van der Waals surface area contributed by atoms with Crippen molar-refractivity contribution in [3.05, 3.63) is 33.7 Å². The van der Waals surface area contributed by atoms with E-state index in [9.17, 15) is 4.79 Å². The highest BCUT2D eigenvalue weighted by Crippen LogP contribution is 2.27.